The van der Waals surface area contributed by atoms with Crippen LogP contribution in [0.2, 0.25) is 0 Å². The Morgan fingerprint density at radius 3 is 2.36 bits per heavy atom. The lowest BCUT2D eigenvalue weighted by Gasteiger charge is -2.36. The van der Waals surface area contributed by atoms with Crippen LogP contribution in [0, 0.1) is 5.92 Å². The lowest BCUT2D eigenvalue weighted by atomic mass is 10.1. The first kappa shape index (κ1) is 14.9. The Morgan fingerprint density at radius 1 is 1.00 bits per heavy atom. The number of rotatable bonds is 4. The van der Waals surface area contributed by atoms with Gasteiger partial charge in [-0.15, -0.1) is 0 Å². The highest BCUT2D eigenvalue weighted by molar-refractivity contribution is 5.81. The number of carbonyl (C=O) groups is 1. The Bertz CT molecular complexity index is 769. The van der Waals surface area contributed by atoms with Crippen LogP contribution in [-0.4, -0.2) is 47.1 Å². The van der Waals surface area contributed by atoms with Gasteiger partial charge in [-0.1, -0.05) is 5.16 Å². The van der Waals surface area contributed by atoms with Crippen molar-refractivity contribution in [1.29, 1.82) is 0 Å². The van der Waals surface area contributed by atoms with Crippen LogP contribution in [0.3, 0.4) is 0 Å². The average molecular weight is 338 g/mol. The molecule has 0 N–H and O–H groups in total. The third-order valence-corrected chi connectivity index (χ3v) is 5.38. The summed E-state index contributed by atoms with van der Waals surface area (Å²) in [6.07, 6.45) is 4.49. The van der Waals surface area contributed by atoms with Crippen molar-refractivity contribution in [3.05, 3.63) is 30.2 Å². The number of carbonyl (C=O) groups excluding carboxylic acids is 1. The minimum atomic E-state index is 0.321. The molecule has 2 aromatic rings. The van der Waals surface area contributed by atoms with Gasteiger partial charge in [0.05, 0.1) is 0 Å². The number of anilines is 1. The smallest absolute Gasteiger partial charge is 0.230 e. The van der Waals surface area contributed by atoms with Gasteiger partial charge in [0.1, 0.15) is 0 Å². The Kier molecular flexibility index (Phi) is 3.50. The number of hydrogen-bond donors (Lipinski definition) is 0. The van der Waals surface area contributed by atoms with E-state index in [4.69, 9.17) is 4.52 Å². The molecule has 2 saturated carbocycles. The molecule has 1 aromatic heterocycles. The van der Waals surface area contributed by atoms with Crippen LogP contribution in [-0.2, 0) is 4.79 Å². The summed E-state index contributed by atoms with van der Waals surface area (Å²) in [4.78, 5) is 21.0. The molecule has 0 bridgehead atoms. The topological polar surface area (TPSA) is 62.5 Å². The largest absolute Gasteiger partial charge is 0.368 e. The molecule has 3 aliphatic rings. The molecule has 130 valence electrons. The van der Waals surface area contributed by atoms with Crippen LogP contribution < -0.4 is 4.90 Å². The molecule has 1 aromatic carbocycles. The number of amides is 1. The fraction of sp³-hybridized carbons (Fsp3) is 0.526. The minimum Gasteiger partial charge on any atom is -0.368 e. The maximum atomic E-state index is 12.1. The van der Waals surface area contributed by atoms with E-state index in [0.29, 0.717) is 23.6 Å². The summed E-state index contributed by atoms with van der Waals surface area (Å²) in [5.41, 5.74) is 2.18. The standard InChI is InChI=1S/C19H22N4O2/c24-19(15-3-4-15)23-11-9-22(10-12-23)16-7-5-13(6-8-16)17-20-18(25-21-17)14-1-2-14/h5-8,14-15H,1-4,9-12H2. The van der Waals surface area contributed by atoms with Crippen molar-refractivity contribution in [1.82, 2.24) is 15.0 Å². The van der Waals surface area contributed by atoms with E-state index in [-0.39, 0.29) is 0 Å². The Morgan fingerprint density at radius 2 is 1.72 bits per heavy atom. The second-order valence-electron chi connectivity index (χ2n) is 7.36. The van der Waals surface area contributed by atoms with Gasteiger partial charge < -0.3 is 14.3 Å². The fourth-order valence-corrected chi connectivity index (χ4v) is 3.44. The molecule has 1 aliphatic heterocycles. The van der Waals surface area contributed by atoms with Crippen molar-refractivity contribution in [2.45, 2.75) is 31.6 Å². The van der Waals surface area contributed by atoms with Crippen LogP contribution in [0.4, 0.5) is 5.69 Å². The number of benzene rings is 1. The van der Waals surface area contributed by atoms with E-state index in [1.165, 1.54) is 5.69 Å². The predicted molar refractivity (Wildman–Crippen MR) is 93.2 cm³/mol. The predicted octanol–water partition coefficient (Wildman–Crippen LogP) is 2.67. The van der Waals surface area contributed by atoms with Crippen LogP contribution in [0.5, 0.6) is 0 Å². The molecular formula is C19H22N4O2. The first-order valence-electron chi connectivity index (χ1n) is 9.26. The van der Waals surface area contributed by atoms with Gasteiger partial charge in [0.25, 0.3) is 0 Å². The lowest BCUT2D eigenvalue weighted by Crippen LogP contribution is -2.49. The summed E-state index contributed by atoms with van der Waals surface area (Å²) < 4.78 is 5.34. The quantitative estimate of drug-likeness (QED) is 0.858. The molecule has 6 heteroatoms. The van der Waals surface area contributed by atoms with Crippen LogP contribution in [0.1, 0.15) is 37.5 Å². The van der Waals surface area contributed by atoms with E-state index in [1.54, 1.807) is 0 Å². The van der Waals surface area contributed by atoms with Crippen molar-refractivity contribution in [2.75, 3.05) is 31.1 Å². The van der Waals surface area contributed by atoms with E-state index >= 15 is 0 Å². The Hall–Kier alpha value is -2.37. The third-order valence-electron chi connectivity index (χ3n) is 5.38. The lowest BCUT2D eigenvalue weighted by molar-refractivity contribution is -0.132. The molecular weight excluding hydrogens is 316 g/mol. The number of piperazine rings is 1. The van der Waals surface area contributed by atoms with Crippen molar-refractivity contribution in [3.63, 3.8) is 0 Å². The summed E-state index contributed by atoms with van der Waals surface area (Å²) in [5.74, 6) is 2.61. The molecule has 0 radical (unpaired) electrons. The van der Waals surface area contributed by atoms with Gasteiger partial charge in [0.15, 0.2) is 0 Å². The highest BCUT2D eigenvalue weighted by atomic mass is 16.5. The molecule has 1 amide bonds. The Balaban J connectivity index is 1.23. The van der Waals surface area contributed by atoms with Gasteiger partial charge in [-0.25, -0.2) is 0 Å². The molecule has 0 spiro atoms. The third kappa shape index (κ3) is 3.01. The van der Waals surface area contributed by atoms with E-state index in [2.05, 4.69) is 39.3 Å². The van der Waals surface area contributed by atoms with Gasteiger partial charge in [0, 0.05) is 49.3 Å². The van der Waals surface area contributed by atoms with Gasteiger partial charge in [-0.05, 0) is 49.9 Å². The minimum absolute atomic E-state index is 0.321. The molecule has 0 atom stereocenters. The SMILES string of the molecule is O=C(C1CC1)N1CCN(c2ccc(-c3noc(C4CC4)n3)cc2)CC1. The molecule has 0 unspecified atom stereocenters. The summed E-state index contributed by atoms with van der Waals surface area (Å²) in [6.45, 7) is 3.44. The van der Waals surface area contributed by atoms with E-state index in [1.807, 2.05) is 4.90 Å². The first-order chi connectivity index (χ1) is 12.3. The van der Waals surface area contributed by atoms with E-state index < -0.39 is 0 Å². The molecule has 2 heterocycles. The van der Waals surface area contributed by atoms with E-state index in [0.717, 1.165) is 63.3 Å². The number of aromatic nitrogens is 2. The van der Waals surface area contributed by atoms with Gasteiger partial charge >= 0.3 is 0 Å². The second-order valence-corrected chi connectivity index (χ2v) is 7.36. The first-order valence-corrected chi connectivity index (χ1v) is 9.26. The normalized spacial score (nSPS) is 20.8. The highest BCUT2D eigenvalue weighted by Crippen LogP contribution is 2.39. The van der Waals surface area contributed by atoms with Gasteiger partial charge in [0.2, 0.25) is 17.6 Å². The maximum absolute atomic E-state index is 12.1. The van der Waals surface area contributed by atoms with Crippen LogP contribution in [0.25, 0.3) is 11.4 Å². The molecule has 1 saturated heterocycles. The van der Waals surface area contributed by atoms with Gasteiger partial charge in [-0.3, -0.25) is 4.79 Å². The molecule has 3 fully saturated rings. The van der Waals surface area contributed by atoms with Crippen molar-refractivity contribution in [3.8, 4) is 11.4 Å². The molecule has 25 heavy (non-hydrogen) atoms. The van der Waals surface area contributed by atoms with Gasteiger partial charge in [-0.2, -0.15) is 4.98 Å². The number of nitrogens with zero attached hydrogens (tertiary/aromatic N) is 4. The Labute approximate surface area is 146 Å². The van der Waals surface area contributed by atoms with Crippen molar-refractivity contribution < 1.29 is 9.32 Å². The summed E-state index contributed by atoms with van der Waals surface area (Å²) in [7, 11) is 0. The van der Waals surface area contributed by atoms with Crippen molar-refractivity contribution >= 4 is 11.6 Å². The zero-order valence-corrected chi connectivity index (χ0v) is 14.2. The summed E-state index contributed by atoms with van der Waals surface area (Å²) >= 11 is 0. The molecule has 5 rings (SSSR count). The fourth-order valence-electron chi connectivity index (χ4n) is 3.44. The second kappa shape index (κ2) is 5.86. The van der Waals surface area contributed by atoms with Crippen LogP contribution in [0.15, 0.2) is 28.8 Å². The summed E-state index contributed by atoms with van der Waals surface area (Å²) in [6, 6.07) is 8.33. The maximum Gasteiger partial charge on any atom is 0.230 e. The zero-order valence-electron chi connectivity index (χ0n) is 14.2. The van der Waals surface area contributed by atoms with E-state index in [9.17, 15) is 4.79 Å². The monoisotopic (exact) mass is 338 g/mol. The average Bonchev–Trinajstić information content (AvgIpc) is 3.60. The highest BCUT2D eigenvalue weighted by Gasteiger charge is 2.34. The zero-order chi connectivity index (χ0) is 16.8. The van der Waals surface area contributed by atoms with Crippen molar-refractivity contribution in [2.24, 2.45) is 5.92 Å². The molecule has 6 nitrogen and oxygen atoms in total. The molecule has 2 aliphatic carbocycles. The number of hydrogen-bond acceptors (Lipinski definition) is 5. The summed E-state index contributed by atoms with van der Waals surface area (Å²) in [5, 5.41) is 4.10. The van der Waals surface area contributed by atoms with Crippen LogP contribution >= 0.6 is 0 Å².